The molecule has 1 aromatic carbocycles. The van der Waals surface area contributed by atoms with Crippen molar-refractivity contribution in [3.05, 3.63) is 29.3 Å². The lowest BCUT2D eigenvalue weighted by Gasteiger charge is -2.32. The molecule has 1 heterocycles. The number of nitrogens with zero attached hydrogens (tertiary/aromatic N) is 1. The summed E-state index contributed by atoms with van der Waals surface area (Å²) in [5, 5.41) is 2.97. The normalized spacial score (nSPS) is 24.0. The van der Waals surface area contributed by atoms with E-state index in [1.54, 1.807) is 0 Å². The minimum absolute atomic E-state index is 0.0350. The summed E-state index contributed by atoms with van der Waals surface area (Å²) in [6, 6.07) is 6.07. The van der Waals surface area contributed by atoms with Gasteiger partial charge in [-0.3, -0.25) is 4.79 Å². The molecule has 1 fully saturated rings. The van der Waals surface area contributed by atoms with Crippen LogP contribution in [-0.2, 0) is 4.79 Å². The summed E-state index contributed by atoms with van der Waals surface area (Å²) in [5.41, 5.74) is 9.33. The number of anilines is 1. The zero-order valence-corrected chi connectivity index (χ0v) is 11.9. The maximum Gasteiger partial charge on any atom is 0.244 e. The molecule has 3 N–H and O–H groups in total. The molecule has 0 saturated carbocycles. The van der Waals surface area contributed by atoms with Crippen LogP contribution in [0.2, 0.25) is 0 Å². The van der Waals surface area contributed by atoms with Crippen molar-refractivity contribution in [3.63, 3.8) is 0 Å². The first-order valence-electron chi connectivity index (χ1n) is 6.84. The number of carbonyl (C=O) groups excluding carboxylic acids is 1. The van der Waals surface area contributed by atoms with Crippen molar-refractivity contribution in [1.29, 1.82) is 0 Å². The number of hydrogen-bond acceptors (Lipinski definition) is 3. The van der Waals surface area contributed by atoms with Gasteiger partial charge in [-0.1, -0.05) is 19.1 Å². The largest absolute Gasteiger partial charge is 0.358 e. The summed E-state index contributed by atoms with van der Waals surface area (Å²) in [4.78, 5) is 14.3. The second-order valence-corrected chi connectivity index (χ2v) is 5.54. The van der Waals surface area contributed by atoms with Crippen LogP contribution >= 0.6 is 0 Å². The number of amides is 1. The van der Waals surface area contributed by atoms with E-state index < -0.39 is 0 Å². The molecule has 0 aromatic heterocycles. The Kier molecular flexibility index (Phi) is 4.10. The van der Waals surface area contributed by atoms with Crippen molar-refractivity contribution in [2.24, 2.45) is 11.7 Å². The first-order chi connectivity index (χ1) is 9.02. The van der Waals surface area contributed by atoms with Crippen LogP contribution in [0.25, 0.3) is 0 Å². The van der Waals surface area contributed by atoms with Crippen LogP contribution in [0.3, 0.4) is 0 Å². The molecule has 1 aliphatic rings. The van der Waals surface area contributed by atoms with Gasteiger partial charge in [-0.25, -0.2) is 0 Å². The van der Waals surface area contributed by atoms with Gasteiger partial charge < -0.3 is 16.0 Å². The molecule has 4 nitrogen and oxygen atoms in total. The van der Waals surface area contributed by atoms with E-state index in [2.05, 4.69) is 49.2 Å². The van der Waals surface area contributed by atoms with Gasteiger partial charge in [-0.05, 0) is 37.0 Å². The van der Waals surface area contributed by atoms with E-state index in [1.165, 1.54) is 11.1 Å². The summed E-state index contributed by atoms with van der Waals surface area (Å²) >= 11 is 0. The maximum atomic E-state index is 12.1. The molecule has 1 aliphatic heterocycles. The van der Waals surface area contributed by atoms with Crippen LogP contribution in [0.5, 0.6) is 0 Å². The van der Waals surface area contributed by atoms with Crippen molar-refractivity contribution in [3.8, 4) is 0 Å². The molecule has 2 unspecified atom stereocenters. The molecule has 1 aromatic rings. The molecule has 2 atom stereocenters. The van der Waals surface area contributed by atoms with E-state index in [0.29, 0.717) is 12.5 Å². The number of nitrogens with one attached hydrogen (secondary N) is 1. The molecule has 104 valence electrons. The Morgan fingerprint density at radius 3 is 2.84 bits per heavy atom. The van der Waals surface area contributed by atoms with Gasteiger partial charge >= 0.3 is 0 Å². The summed E-state index contributed by atoms with van der Waals surface area (Å²) in [7, 11) is 0. The minimum Gasteiger partial charge on any atom is -0.358 e. The number of rotatable bonds is 2. The highest BCUT2D eigenvalue weighted by Gasteiger charge is 2.30. The average Bonchev–Trinajstić information content (AvgIpc) is 2.52. The summed E-state index contributed by atoms with van der Waals surface area (Å²) in [6.07, 6.45) is 0. The van der Waals surface area contributed by atoms with Crippen LogP contribution in [0.4, 0.5) is 5.69 Å². The average molecular weight is 261 g/mol. The van der Waals surface area contributed by atoms with Crippen molar-refractivity contribution in [2.45, 2.75) is 26.8 Å². The molecular formula is C15H23N3O. The highest BCUT2D eigenvalue weighted by Crippen LogP contribution is 2.25. The van der Waals surface area contributed by atoms with E-state index in [-0.39, 0.29) is 11.9 Å². The quantitative estimate of drug-likeness (QED) is 0.841. The van der Waals surface area contributed by atoms with Gasteiger partial charge in [0.05, 0.1) is 0 Å². The van der Waals surface area contributed by atoms with E-state index in [4.69, 9.17) is 5.73 Å². The number of carbonyl (C=O) groups is 1. The third-order valence-corrected chi connectivity index (χ3v) is 3.71. The van der Waals surface area contributed by atoms with E-state index in [9.17, 15) is 4.79 Å². The lowest BCUT2D eigenvalue weighted by atomic mass is 10.1. The Bertz CT molecular complexity index is 472. The van der Waals surface area contributed by atoms with Crippen molar-refractivity contribution in [2.75, 3.05) is 24.5 Å². The van der Waals surface area contributed by atoms with Gasteiger partial charge in [0.15, 0.2) is 0 Å². The van der Waals surface area contributed by atoms with Crippen LogP contribution in [0.1, 0.15) is 18.1 Å². The number of benzene rings is 1. The third kappa shape index (κ3) is 2.89. The van der Waals surface area contributed by atoms with Gasteiger partial charge in [-0.15, -0.1) is 0 Å². The second kappa shape index (κ2) is 5.61. The molecule has 0 spiro atoms. The maximum absolute atomic E-state index is 12.1. The van der Waals surface area contributed by atoms with Gasteiger partial charge in [-0.2, -0.15) is 0 Å². The van der Waals surface area contributed by atoms with Crippen LogP contribution < -0.4 is 16.0 Å². The fourth-order valence-electron chi connectivity index (χ4n) is 2.59. The van der Waals surface area contributed by atoms with Crippen LogP contribution in [0, 0.1) is 19.8 Å². The van der Waals surface area contributed by atoms with E-state index in [0.717, 1.165) is 18.8 Å². The number of aryl methyl sites for hydroxylation is 2. The molecule has 0 aliphatic carbocycles. The minimum atomic E-state index is -0.273. The standard InChI is InChI=1S/C15H23N3O/c1-10-4-5-12(3)13(6-10)18-9-11(2)8-17-15(19)14(18)7-16/h4-6,11,14H,7-9,16H2,1-3H3,(H,17,19). The predicted molar refractivity (Wildman–Crippen MR) is 78.3 cm³/mol. The summed E-state index contributed by atoms with van der Waals surface area (Å²) in [5.74, 6) is 0.452. The zero-order valence-electron chi connectivity index (χ0n) is 11.9. The SMILES string of the molecule is Cc1ccc(C)c(N2CC(C)CNC(=O)C2CN)c1. The van der Waals surface area contributed by atoms with Gasteiger partial charge in [0, 0.05) is 25.3 Å². The fraction of sp³-hybridized carbons (Fsp3) is 0.533. The molecule has 1 amide bonds. The molecule has 1 saturated heterocycles. The lowest BCUT2D eigenvalue weighted by molar-refractivity contribution is -0.121. The first-order valence-corrected chi connectivity index (χ1v) is 6.84. The second-order valence-electron chi connectivity index (χ2n) is 5.54. The molecule has 0 radical (unpaired) electrons. The molecule has 0 bridgehead atoms. The molecule has 4 heteroatoms. The Hall–Kier alpha value is -1.55. The Morgan fingerprint density at radius 1 is 1.42 bits per heavy atom. The van der Waals surface area contributed by atoms with Gasteiger partial charge in [0.1, 0.15) is 6.04 Å². The van der Waals surface area contributed by atoms with E-state index in [1.807, 2.05) is 0 Å². The third-order valence-electron chi connectivity index (χ3n) is 3.71. The summed E-state index contributed by atoms with van der Waals surface area (Å²) in [6.45, 7) is 8.21. The van der Waals surface area contributed by atoms with Crippen molar-refractivity contribution < 1.29 is 4.79 Å². The smallest absolute Gasteiger partial charge is 0.244 e. The van der Waals surface area contributed by atoms with E-state index >= 15 is 0 Å². The topological polar surface area (TPSA) is 58.4 Å². The first kappa shape index (κ1) is 13.9. The predicted octanol–water partition coefficient (Wildman–Crippen LogP) is 1.20. The number of nitrogens with two attached hydrogens (primary N) is 1. The van der Waals surface area contributed by atoms with Gasteiger partial charge in [0.25, 0.3) is 0 Å². The fourth-order valence-corrected chi connectivity index (χ4v) is 2.59. The van der Waals surface area contributed by atoms with Crippen molar-refractivity contribution >= 4 is 11.6 Å². The highest BCUT2D eigenvalue weighted by molar-refractivity contribution is 5.86. The molecule has 2 rings (SSSR count). The Balaban J connectivity index is 2.42. The lowest BCUT2D eigenvalue weighted by Crippen LogP contribution is -2.49. The Labute approximate surface area is 115 Å². The van der Waals surface area contributed by atoms with Gasteiger partial charge in [0.2, 0.25) is 5.91 Å². The zero-order chi connectivity index (χ0) is 14.0. The van der Waals surface area contributed by atoms with Crippen molar-refractivity contribution in [1.82, 2.24) is 5.32 Å². The summed E-state index contributed by atoms with van der Waals surface area (Å²) < 4.78 is 0. The Morgan fingerprint density at radius 2 is 2.16 bits per heavy atom. The van der Waals surface area contributed by atoms with Crippen LogP contribution in [0.15, 0.2) is 18.2 Å². The monoisotopic (exact) mass is 261 g/mol. The molecular weight excluding hydrogens is 238 g/mol. The highest BCUT2D eigenvalue weighted by atomic mass is 16.2. The molecule has 19 heavy (non-hydrogen) atoms. The number of hydrogen-bond donors (Lipinski definition) is 2. The van der Waals surface area contributed by atoms with Crippen LogP contribution in [-0.4, -0.2) is 31.6 Å².